The van der Waals surface area contributed by atoms with Crippen LogP contribution in [0.3, 0.4) is 0 Å². The van der Waals surface area contributed by atoms with Gasteiger partial charge in [-0.15, -0.1) is 0 Å². The van der Waals surface area contributed by atoms with E-state index in [4.69, 9.17) is 0 Å². The lowest BCUT2D eigenvalue weighted by molar-refractivity contribution is -0.144. The Morgan fingerprint density at radius 2 is 1.66 bits per heavy atom. The van der Waals surface area contributed by atoms with E-state index in [2.05, 4.69) is 5.16 Å². The first-order valence-electron chi connectivity index (χ1n) is 11.1. The summed E-state index contributed by atoms with van der Waals surface area (Å²) in [7, 11) is 0. The Labute approximate surface area is 187 Å². The first-order valence-corrected chi connectivity index (χ1v) is 11.1. The Morgan fingerprint density at radius 1 is 1.03 bits per heavy atom. The molecule has 2 aromatic rings. The smallest absolute Gasteiger partial charge is 0.320 e. The largest absolute Gasteiger partial charge is 0.480 e. The molecular weight excluding hydrogens is 414 g/mol. The van der Waals surface area contributed by atoms with Crippen LogP contribution in [0.2, 0.25) is 0 Å². The summed E-state index contributed by atoms with van der Waals surface area (Å²) in [5.74, 6) is -2.22. The summed E-state index contributed by atoms with van der Waals surface area (Å²) in [5.41, 5.74) is 1.01. The first-order chi connectivity index (χ1) is 15.5. The van der Waals surface area contributed by atoms with Gasteiger partial charge in [-0.05, 0) is 30.0 Å². The van der Waals surface area contributed by atoms with Gasteiger partial charge in [0.1, 0.15) is 23.4 Å². The number of carboxylic acids is 1. The summed E-state index contributed by atoms with van der Waals surface area (Å²) in [6.45, 7) is 0.249. The number of nitrogens with zero attached hydrogens (tertiary/aromatic N) is 2. The highest BCUT2D eigenvalue weighted by molar-refractivity contribution is 6.02. The molecule has 172 valence electrons. The summed E-state index contributed by atoms with van der Waals surface area (Å²) < 4.78 is 27.5. The van der Waals surface area contributed by atoms with Crippen molar-refractivity contribution < 1.29 is 23.9 Å². The van der Waals surface area contributed by atoms with Gasteiger partial charge in [0.15, 0.2) is 0 Å². The van der Waals surface area contributed by atoms with Crippen LogP contribution in [0.15, 0.2) is 53.7 Å². The van der Waals surface area contributed by atoms with Crippen molar-refractivity contribution in [2.45, 2.75) is 57.5 Å². The third-order valence-electron chi connectivity index (χ3n) is 6.16. The normalized spacial score (nSPS) is 16.7. The van der Waals surface area contributed by atoms with Crippen LogP contribution in [0.1, 0.15) is 56.1 Å². The molecule has 2 aromatic carbocycles. The molecule has 0 saturated heterocycles. The molecule has 1 saturated carbocycles. The van der Waals surface area contributed by atoms with Crippen LogP contribution in [0, 0.1) is 17.6 Å². The van der Waals surface area contributed by atoms with E-state index >= 15 is 0 Å². The Morgan fingerprint density at radius 3 is 2.22 bits per heavy atom. The second-order valence-corrected chi connectivity index (χ2v) is 8.54. The van der Waals surface area contributed by atoms with Gasteiger partial charge in [0.2, 0.25) is 0 Å². The number of hydrogen-bond acceptors (Lipinski definition) is 4. The van der Waals surface area contributed by atoms with Gasteiger partial charge < -0.3 is 10.3 Å². The van der Waals surface area contributed by atoms with Crippen LogP contribution >= 0.6 is 0 Å². The van der Waals surface area contributed by atoms with Crippen molar-refractivity contribution in [1.29, 1.82) is 0 Å². The van der Waals surface area contributed by atoms with E-state index < -0.39 is 23.6 Å². The summed E-state index contributed by atoms with van der Waals surface area (Å²) in [5, 5.41) is 23.0. The molecule has 0 spiro atoms. The van der Waals surface area contributed by atoms with Crippen molar-refractivity contribution >= 4 is 11.7 Å². The summed E-state index contributed by atoms with van der Waals surface area (Å²) in [6, 6.07) is 11.5. The van der Waals surface area contributed by atoms with Gasteiger partial charge in [-0.25, -0.2) is 8.78 Å². The predicted octanol–water partition coefficient (Wildman–Crippen LogP) is 5.46. The van der Waals surface area contributed by atoms with Crippen LogP contribution in [-0.2, 0) is 11.3 Å². The molecule has 0 unspecified atom stereocenters. The van der Waals surface area contributed by atoms with Crippen LogP contribution in [0.5, 0.6) is 0 Å². The minimum absolute atomic E-state index is 0.0199. The molecule has 1 aliphatic carbocycles. The van der Waals surface area contributed by atoms with E-state index in [0.717, 1.165) is 49.4 Å². The number of hydrogen-bond donors (Lipinski definition) is 2. The number of carboxylic acid groups (broad SMARTS) is 1. The Kier molecular flexibility index (Phi) is 8.73. The highest BCUT2D eigenvalue weighted by atomic mass is 19.1. The zero-order valence-corrected chi connectivity index (χ0v) is 18.1. The third-order valence-corrected chi connectivity index (χ3v) is 6.16. The van der Waals surface area contributed by atoms with Crippen molar-refractivity contribution in [3.05, 3.63) is 71.3 Å². The number of aliphatic carboxylic acids is 1. The third kappa shape index (κ3) is 6.85. The van der Waals surface area contributed by atoms with Gasteiger partial charge in [-0.2, -0.15) is 0 Å². The fraction of sp³-hybridized carbons (Fsp3) is 0.440. The van der Waals surface area contributed by atoms with Gasteiger partial charge in [0, 0.05) is 24.7 Å². The Bertz CT molecular complexity index is 892. The quantitative estimate of drug-likeness (QED) is 0.233. The lowest BCUT2D eigenvalue weighted by atomic mass is 9.91. The zero-order chi connectivity index (χ0) is 22.9. The average molecular weight is 445 g/mol. The van der Waals surface area contributed by atoms with Crippen molar-refractivity contribution in [2.75, 3.05) is 6.54 Å². The van der Waals surface area contributed by atoms with E-state index in [9.17, 15) is 23.9 Å². The molecule has 3 rings (SSSR count). The maximum atomic E-state index is 13.8. The first kappa shape index (κ1) is 23.9. The molecule has 0 radical (unpaired) electrons. The van der Waals surface area contributed by atoms with Crippen LogP contribution in [0.25, 0.3) is 0 Å². The van der Waals surface area contributed by atoms with E-state index in [0.29, 0.717) is 18.9 Å². The van der Waals surface area contributed by atoms with Crippen molar-refractivity contribution in [2.24, 2.45) is 11.1 Å². The zero-order valence-electron chi connectivity index (χ0n) is 18.1. The molecule has 2 N–H and O–H groups in total. The van der Waals surface area contributed by atoms with Gasteiger partial charge in [-0.1, -0.05) is 74.0 Å². The van der Waals surface area contributed by atoms with E-state index in [1.807, 2.05) is 30.3 Å². The molecule has 0 aliphatic heterocycles. The molecule has 1 fully saturated rings. The van der Waals surface area contributed by atoms with Crippen molar-refractivity contribution in [1.82, 2.24) is 4.90 Å². The average Bonchev–Trinajstić information content (AvgIpc) is 3.03. The van der Waals surface area contributed by atoms with Crippen LogP contribution in [-0.4, -0.2) is 39.5 Å². The predicted molar refractivity (Wildman–Crippen MR) is 119 cm³/mol. The Hall–Kier alpha value is -2.80. The number of halogens is 2. The molecule has 1 atom stereocenters. The highest BCUT2D eigenvalue weighted by Crippen LogP contribution is 2.28. The maximum absolute atomic E-state index is 13.8. The van der Waals surface area contributed by atoms with Crippen LogP contribution < -0.4 is 0 Å². The lowest BCUT2D eigenvalue weighted by Crippen LogP contribution is -2.44. The minimum atomic E-state index is -0.951. The van der Waals surface area contributed by atoms with Gasteiger partial charge in [0.25, 0.3) is 0 Å². The second kappa shape index (κ2) is 11.7. The summed E-state index contributed by atoms with van der Waals surface area (Å²) in [4.78, 5) is 14.1. The molecule has 7 heteroatoms. The molecule has 32 heavy (non-hydrogen) atoms. The number of carbonyl (C=O) groups is 1. The van der Waals surface area contributed by atoms with E-state index in [1.54, 1.807) is 4.90 Å². The minimum Gasteiger partial charge on any atom is -0.480 e. The lowest BCUT2D eigenvalue weighted by Gasteiger charge is -2.31. The highest BCUT2D eigenvalue weighted by Gasteiger charge is 2.30. The van der Waals surface area contributed by atoms with Gasteiger partial charge in [0.05, 0.1) is 0 Å². The molecule has 0 bridgehead atoms. The molecule has 0 amide bonds. The summed E-state index contributed by atoms with van der Waals surface area (Å²) in [6.07, 6.45) is 7.03. The van der Waals surface area contributed by atoms with Crippen molar-refractivity contribution in [3.63, 3.8) is 0 Å². The summed E-state index contributed by atoms with van der Waals surface area (Å²) >= 11 is 0. The maximum Gasteiger partial charge on any atom is 0.320 e. The molecular formula is C25H30F2N2O3. The van der Waals surface area contributed by atoms with Gasteiger partial charge in [-0.3, -0.25) is 9.69 Å². The molecule has 0 aromatic heterocycles. The standard InChI is InChI=1S/C25H30F2N2O3/c26-21-13-20(14-22(27)15-21)23(28-32)17-29(16-19-10-6-3-7-11-19)24(25(30)31)12-18-8-4-1-2-5-9-18/h3,6-7,10-11,13-15,18,24,32H,1-2,4-5,8-9,12,16-17H2,(H,30,31)/t24-/m0/s1. The second-order valence-electron chi connectivity index (χ2n) is 8.54. The van der Waals surface area contributed by atoms with E-state index in [-0.39, 0.29) is 17.8 Å². The topological polar surface area (TPSA) is 73.1 Å². The fourth-order valence-electron chi connectivity index (χ4n) is 4.51. The number of benzene rings is 2. The van der Waals surface area contributed by atoms with Crippen molar-refractivity contribution in [3.8, 4) is 0 Å². The SMILES string of the molecule is O=C(O)[C@H](CC1CCCCCC1)N(CC(=NO)c1cc(F)cc(F)c1)Cc1ccccc1. The Balaban J connectivity index is 1.88. The molecule has 1 aliphatic rings. The van der Waals surface area contributed by atoms with Crippen LogP contribution in [0.4, 0.5) is 8.78 Å². The number of oxime groups is 1. The molecule has 0 heterocycles. The van der Waals surface area contributed by atoms with Gasteiger partial charge >= 0.3 is 5.97 Å². The fourth-order valence-corrected chi connectivity index (χ4v) is 4.51. The monoisotopic (exact) mass is 444 g/mol. The molecule has 5 nitrogen and oxygen atoms in total. The van der Waals surface area contributed by atoms with E-state index in [1.165, 1.54) is 12.8 Å². The number of rotatable bonds is 9.